The van der Waals surface area contributed by atoms with Gasteiger partial charge in [-0.2, -0.15) is 0 Å². The van der Waals surface area contributed by atoms with E-state index in [4.69, 9.17) is 4.98 Å². The predicted molar refractivity (Wildman–Crippen MR) is 220 cm³/mol. The van der Waals surface area contributed by atoms with Crippen molar-refractivity contribution in [3.05, 3.63) is 128 Å². The van der Waals surface area contributed by atoms with Gasteiger partial charge in [-0.1, -0.05) is 96.1 Å². The summed E-state index contributed by atoms with van der Waals surface area (Å²) in [6, 6.07) is 31.5. The molecule has 7 aromatic rings. The van der Waals surface area contributed by atoms with Gasteiger partial charge in [0.1, 0.15) is 11.5 Å². The molecule has 3 heterocycles. The van der Waals surface area contributed by atoms with E-state index in [2.05, 4.69) is 146 Å². The number of aromatic nitrogens is 1. The number of hydrogen-bond acceptors (Lipinski definition) is 5. The number of aryl methyl sites for hydroxylation is 2. The summed E-state index contributed by atoms with van der Waals surface area (Å²) in [5.41, 5.74) is 9.07. The molecule has 6 heteroatoms. The Morgan fingerprint density at radius 1 is 0.529 bits per heavy atom. The summed E-state index contributed by atoms with van der Waals surface area (Å²) >= 11 is 3.39. The van der Waals surface area contributed by atoms with Gasteiger partial charge < -0.3 is 25.1 Å². The van der Waals surface area contributed by atoms with E-state index in [0.29, 0.717) is 11.5 Å². The fourth-order valence-corrected chi connectivity index (χ4v) is 9.20. The van der Waals surface area contributed by atoms with Crippen LogP contribution in [0.4, 0.5) is 0 Å². The first-order valence-corrected chi connectivity index (χ1v) is 18.1. The van der Waals surface area contributed by atoms with Crippen molar-refractivity contribution < 1.29 is 36.1 Å². The number of aromatic hydroxyl groups is 2. The summed E-state index contributed by atoms with van der Waals surface area (Å²) in [6.07, 6.45) is 0. The summed E-state index contributed by atoms with van der Waals surface area (Å²) in [4.78, 5) is 7.44. The first kappa shape index (κ1) is 40.2. The third kappa shape index (κ3) is 7.25. The monoisotopic (exact) mass is 877 g/mol. The molecule has 0 fully saturated rings. The van der Waals surface area contributed by atoms with Gasteiger partial charge in [0.25, 0.3) is 0 Å². The molecular formula is C45H47HfNO2S2-2. The van der Waals surface area contributed by atoms with Gasteiger partial charge in [-0.15, -0.1) is 22.7 Å². The van der Waals surface area contributed by atoms with Crippen molar-refractivity contribution in [3.8, 4) is 54.9 Å². The van der Waals surface area contributed by atoms with Gasteiger partial charge in [-0.3, -0.25) is 0 Å². The third-order valence-electron chi connectivity index (χ3n) is 9.07. The maximum Gasteiger partial charge on any atom is 0.127 e. The molecule has 0 aliphatic rings. The largest absolute Gasteiger partial charge is 0.507 e. The minimum Gasteiger partial charge on any atom is -0.507 e. The van der Waals surface area contributed by atoms with Crippen LogP contribution in [0.15, 0.2) is 91.0 Å². The number of hydrogen-bond donors (Lipinski definition) is 2. The van der Waals surface area contributed by atoms with E-state index in [-0.39, 0.29) is 51.5 Å². The molecule has 0 spiro atoms. The maximum absolute atomic E-state index is 11.8. The van der Waals surface area contributed by atoms with Gasteiger partial charge in [-0.25, -0.2) is 4.98 Å². The van der Waals surface area contributed by atoms with Gasteiger partial charge >= 0.3 is 0 Å². The van der Waals surface area contributed by atoms with Gasteiger partial charge in [0.15, 0.2) is 0 Å². The Morgan fingerprint density at radius 3 is 1.27 bits per heavy atom. The minimum atomic E-state index is -0.218. The van der Waals surface area contributed by atoms with Gasteiger partial charge in [0.05, 0.1) is 11.4 Å². The summed E-state index contributed by atoms with van der Waals surface area (Å²) < 4.78 is 2.29. The fraction of sp³-hybridized carbons (Fsp3) is 0.222. The second kappa shape index (κ2) is 14.8. The standard InChI is InChI=1S/C43H41NO2S2.2CH3.Hf/c1-24-20-28(38(45)30(22-24)42(3,4)5)40-36(26-14-9-11-18-34(26)47-40)32-16-13-17-33(44-32)37-27-15-10-12-19-35(27)48-41(37)29-21-25(2)23-31(39(29)46)43(6,7)8;;;/h9-23,45-46H,1-8H3;2*1H3;/q;2*-1;. The molecule has 3 aromatic heterocycles. The topological polar surface area (TPSA) is 53.4 Å². The van der Waals surface area contributed by atoms with Crippen LogP contribution in [0.1, 0.15) is 63.8 Å². The maximum atomic E-state index is 11.8. The number of fused-ring (bicyclic) bond motifs is 2. The van der Waals surface area contributed by atoms with Crippen molar-refractivity contribution in [2.75, 3.05) is 0 Å². The Balaban J connectivity index is 0.00000194. The SMILES string of the molecule is Cc1cc(-c2sc3ccccc3c2-c2cccc(-c3c(-c4cc(C)cc(C(C)(C)C)c4O)sc4ccccc34)n2)c(O)c(C(C)(C)C)c1.[CH3-].[CH3-].[Hf]. The van der Waals surface area contributed by atoms with Crippen LogP contribution in [0.25, 0.3) is 63.6 Å². The molecule has 2 N–H and O–H groups in total. The van der Waals surface area contributed by atoms with Crippen LogP contribution in [-0.2, 0) is 36.7 Å². The number of pyridine rings is 1. The molecule has 0 saturated carbocycles. The Kier molecular flexibility index (Phi) is 11.7. The molecule has 0 amide bonds. The van der Waals surface area contributed by atoms with Crippen molar-refractivity contribution in [1.29, 1.82) is 0 Å². The number of thiophene rings is 2. The number of nitrogens with zero attached hydrogens (tertiary/aromatic N) is 1. The van der Waals surface area contributed by atoms with E-state index in [0.717, 1.165) is 85.8 Å². The van der Waals surface area contributed by atoms with Crippen LogP contribution < -0.4 is 0 Å². The van der Waals surface area contributed by atoms with Crippen LogP contribution in [0.2, 0.25) is 0 Å². The van der Waals surface area contributed by atoms with Gasteiger partial charge in [0, 0.05) is 89.2 Å². The predicted octanol–water partition coefficient (Wildman–Crippen LogP) is 13.7. The number of benzene rings is 4. The number of phenols is 2. The van der Waals surface area contributed by atoms with Crippen molar-refractivity contribution in [2.24, 2.45) is 0 Å². The van der Waals surface area contributed by atoms with Crippen LogP contribution in [0.5, 0.6) is 11.5 Å². The Morgan fingerprint density at radius 2 is 0.902 bits per heavy atom. The average molecular weight is 877 g/mol. The molecule has 0 saturated heterocycles. The Bertz CT molecular complexity index is 2210. The molecule has 3 nitrogen and oxygen atoms in total. The summed E-state index contributed by atoms with van der Waals surface area (Å²) in [5.74, 6) is 0.653. The van der Waals surface area contributed by atoms with Crippen molar-refractivity contribution >= 4 is 42.8 Å². The normalized spacial score (nSPS) is 11.6. The molecule has 7 rings (SSSR count). The van der Waals surface area contributed by atoms with E-state index in [1.54, 1.807) is 22.7 Å². The van der Waals surface area contributed by atoms with Crippen molar-refractivity contribution in [3.63, 3.8) is 0 Å². The van der Waals surface area contributed by atoms with Crippen LogP contribution in [-0.4, -0.2) is 15.2 Å². The molecule has 0 aliphatic heterocycles. The van der Waals surface area contributed by atoms with E-state index >= 15 is 0 Å². The van der Waals surface area contributed by atoms with Crippen molar-refractivity contribution in [1.82, 2.24) is 4.98 Å². The van der Waals surface area contributed by atoms with Gasteiger partial charge in [-0.05, 0) is 72.2 Å². The quantitative estimate of drug-likeness (QED) is 0.137. The molecule has 0 radical (unpaired) electrons. The van der Waals surface area contributed by atoms with E-state index in [1.807, 2.05) is 0 Å². The number of phenolic OH excluding ortho intramolecular Hbond substituents is 2. The number of rotatable bonds is 4. The average Bonchev–Trinajstić information content (AvgIpc) is 3.61. The van der Waals surface area contributed by atoms with E-state index < -0.39 is 0 Å². The third-order valence-corrected chi connectivity index (χ3v) is 11.5. The molecule has 51 heavy (non-hydrogen) atoms. The fourth-order valence-electron chi connectivity index (χ4n) is 6.74. The summed E-state index contributed by atoms with van der Waals surface area (Å²) in [6.45, 7) is 17.0. The Labute approximate surface area is 330 Å². The van der Waals surface area contributed by atoms with Crippen LogP contribution in [0, 0.1) is 28.7 Å². The zero-order chi connectivity index (χ0) is 34.1. The summed E-state index contributed by atoms with van der Waals surface area (Å²) in [5, 5.41) is 25.8. The summed E-state index contributed by atoms with van der Waals surface area (Å²) in [7, 11) is 0. The molecular weight excluding hydrogens is 829 g/mol. The van der Waals surface area contributed by atoms with E-state index in [1.165, 1.54) is 0 Å². The van der Waals surface area contributed by atoms with E-state index in [9.17, 15) is 10.2 Å². The first-order chi connectivity index (χ1) is 22.7. The zero-order valence-corrected chi connectivity index (χ0v) is 36.5. The van der Waals surface area contributed by atoms with Gasteiger partial charge in [0.2, 0.25) is 0 Å². The van der Waals surface area contributed by atoms with Crippen LogP contribution >= 0.6 is 22.7 Å². The minimum absolute atomic E-state index is 0. The molecule has 0 atom stereocenters. The molecule has 4 aromatic carbocycles. The smallest absolute Gasteiger partial charge is 0.127 e. The Hall–Kier alpha value is -3.58. The zero-order valence-electron chi connectivity index (χ0n) is 31.3. The van der Waals surface area contributed by atoms with Crippen LogP contribution in [0.3, 0.4) is 0 Å². The second-order valence-corrected chi connectivity index (χ2v) is 17.0. The van der Waals surface area contributed by atoms with Crippen molar-refractivity contribution in [2.45, 2.75) is 66.2 Å². The molecule has 262 valence electrons. The molecule has 0 aliphatic carbocycles. The first-order valence-electron chi connectivity index (χ1n) is 16.4. The molecule has 0 bridgehead atoms. The molecule has 0 unspecified atom stereocenters. The second-order valence-electron chi connectivity index (χ2n) is 14.9.